The maximum absolute atomic E-state index is 11.9. The molecule has 1 fully saturated rings. The van der Waals surface area contributed by atoms with Gasteiger partial charge in [0.1, 0.15) is 11.5 Å². The molecule has 0 unspecified atom stereocenters. The van der Waals surface area contributed by atoms with Gasteiger partial charge in [0.25, 0.3) is 5.91 Å². The van der Waals surface area contributed by atoms with Crippen LogP contribution in [-0.4, -0.2) is 35.6 Å². The Labute approximate surface area is 169 Å². The molecule has 2 aromatic rings. The molecule has 0 aliphatic carbocycles. The maximum Gasteiger partial charge on any atom is 0.260 e. The molecule has 1 heterocycles. The first-order chi connectivity index (χ1) is 12.8. The molecule has 1 aliphatic heterocycles. The summed E-state index contributed by atoms with van der Waals surface area (Å²) in [5, 5.41) is 11.0. The molecule has 4 nitrogen and oxygen atoms in total. The molecule has 1 saturated heterocycles. The molecule has 0 spiro atoms. The molecule has 0 aromatic heterocycles. The summed E-state index contributed by atoms with van der Waals surface area (Å²) >= 11 is 12.9. The van der Waals surface area contributed by atoms with E-state index in [4.69, 9.17) is 27.9 Å². The van der Waals surface area contributed by atoms with Crippen molar-refractivity contribution in [1.29, 1.82) is 0 Å². The zero-order chi connectivity index (χ0) is 19.6. The van der Waals surface area contributed by atoms with Crippen molar-refractivity contribution >= 4 is 29.1 Å². The predicted molar refractivity (Wildman–Crippen MR) is 108 cm³/mol. The second kappa shape index (κ2) is 8.41. The normalized spacial score (nSPS) is 13.6. The van der Waals surface area contributed by atoms with Crippen LogP contribution in [0.5, 0.6) is 11.5 Å². The quantitative estimate of drug-likeness (QED) is 0.730. The van der Waals surface area contributed by atoms with Gasteiger partial charge in [-0.05, 0) is 47.2 Å². The Kier molecular flexibility index (Phi) is 6.18. The van der Waals surface area contributed by atoms with Gasteiger partial charge in [-0.3, -0.25) is 4.79 Å². The molecule has 1 aliphatic rings. The van der Waals surface area contributed by atoms with Crippen LogP contribution in [-0.2, 0) is 11.2 Å². The zero-order valence-corrected chi connectivity index (χ0v) is 17.0. The number of hydrogen-bond acceptors (Lipinski definition) is 3. The highest BCUT2D eigenvalue weighted by Crippen LogP contribution is 2.34. The predicted octanol–water partition coefficient (Wildman–Crippen LogP) is 5.02. The van der Waals surface area contributed by atoms with Crippen molar-refractivity contribution in [3.05, 3.63) is 57.1 Å². The molecular weight excluding hydrogens is 385 g/mol. The van der Waals surface area contributed by atoms with Gasteiger partial charge in [0, 0.05) is 29.6 Å². The highest BCUT2D eigenvalue weighted by Gasteiger charge is 2.20. The number of likely N-dealkylation sites (tertiary alicyclic amines) is 1. The Morgan fingerprint density at radius 2 is 1.85 bits per heavy atom. The summed E-state index contributed by atoms with van der Waals surface area (Å²) in [5.74, 6) is 0.969. The van der Waals surface area contributed by atoms with Gasteiger partial charge >= 0.3 is 0 Å². The number of benzene rings is 2. The smallest absolute Gasteiger partial charge is 0.260 e. The van der Waals surface area contributed by atoms with Crippen molar-refractivity contribution in [2.75, 3.05) is 19.7 Å². The number of phenols is 1. The van der Waals surface area contributed by atoms with Gasteiger partial charge in [-0.2, -0.15) is 0 Å². The number of carbonyl (C=O) groups is 1. The number of ether oxygens (including phenoxy) is 1. The number of halogens is 2. The molecule has 0 radical (unpaired) electrons. The van der Waals surface area contributed by atoms with E-state index < -0.39 is 0 Å². The van der Waals surface area contributed by atoms with Gasteiger partial charge in [-0.25, -0.2) is 0 Å². The number of aromatic hydroxyl groups is 1. The average Bonchev–Trinajstić information content (AvgIpc) is 2.56. The SMILES string of the molecule is CC(C)c1cc(Cc2c(Cl)cc(OCC(=O)N3CCC3)cc2Cl)ccc1O. The number of rotatable bonds is 6. The van der Waals surface area contributed by atoms with E-state index in [1.54, 1.807) is 23.1 Å². The van der Waals surface area contributed by atoms with Gasteiger partial charge in [-0.15, -0.1) is 0 Å². The largest absolute Gasteiger partial charge is 0.508 e. The van der Waals surface area contributed by atoms with Crippen molar-refractivity contribution in [2.45, 2.75) is 32.6 Å². The summed E-state index contributed by atoms with van der Waals surface area (Å²) in [7, 11) is 0. The maximum atomic E-state index is 11.9. The third-order valence-electron chi connectivity index (χ3n) is 4.78. The van der Waals surface area contributed by atoms with E-state index in [2.05, 4.69) is 0 Å². The van der Waals surface area contributed by atoms with Gasteiger partial charge in [-0.1, -0.05) is 49.2 Å². The summed E-state index contributed by atoms with van der Waals surface area (Å²) < 4.78 is 5.56. The fourth-order valence-corrected chi connectivity index (χ4v) is 3.62. The van der Waals surface area contributed by atoms with Crippen LogP contribution < -0.4 is 4.74 Å². The van der Waals surface area contributed by atoms with E-state index >= 15 is 0 Å². The third-order valence-corrected chi connectivity index (χ3v) is 5.45. The number of amides is 1. The van der Waals surface area contributed by atoms with E-state index in [0.717, 1.165) is 36.2 Å². The monoisotopic (exact) mass is 407 g/mol. The Morgan fingerprint density at radius 1 is 1.19 bits per heavy atom. The minimum absolute atomic E-state index is 0.0122. The lowest BCUT2D eigenvalue weighted by atomic mass is 9.96. The summed E-state index contributed by atoms with van der Waals surface area (Å²) in [5.41, 5.74) is 2.70. The Bertz CT molecular complexity index is 824. The number of nitrogens with zero attached hydrogens (tertiary/aromatic N) is 1. The summed E-state index contributed by atoms with van der Waals surface area (Å²) in [6.45, 7) is 5.65. The van der Waals surface area contributed by atoms with Gasteiger partial charge in [0.2, 0.25) is 0 Å². The third kappa shape index (κ3) is 4.69. The molecule has 0 bridgehead atoms. The fourth-order valence-electron chi connectivity index (χ4n) is 3.01. The Balaban J connectivity index is 1.73. The molecule has 144 valence electrons. The highest BCUT2D eigenvalue weighted by molar-refractivity contribution is 6.36. The number of phenolic OH excluding ortho intramolecular Hbond substituents is 1. The van der Waals surface area contributed by atoms with Crippen LogP contribution in [0, 0.1) is 0 Å². The summed E-state index contributed by atoms with van der Waals surface area (Å²) in [6.07, 6.45) is 1.60. The van der Waals surface area contributed by atoms with Crippen molar-refractivity contribution in [2.24, 2.45) is 0 Å². The molecule has 3 rings (SSSR count). The fraction of sp³-hybridized carbons (Fsp3) is 0.381. The Morgan fingerprint density at radius 3 is 2.41 bits per heavy atom. The molecule has 1 amide bonds. The second-order valence-corrected chi connectivity index (χ2v) is 7.93. The molecule has 0 saturated carbocycles. The van der Waals surface area contributed by atoms with E-state index in [1.807, 2.05) is 26.0 Å². The van der Waals surface area contributed by atoms with Crippen molar-refractivity contribution < 1.29 is 14.6 Å². The van der Waals surface area contributed by atoms with Crippen LogP contribution in [0.25, 0.3) is 0 Å². The first kappa shape index (κ1) is 19.8. The first-order valence-electron chi connectivity index (χ1n) is 9.05. The second-order valence-electron chi connectivity index (χ2n) is 7.11. The molecular formula is C21H23Cl2NO3. The summed E-state index contributed by atoms with van der Waals surface area (Å²) in [6, 6.07) is 8.92. The molecule has 27 heavy (non-hydrogen) atoms. The van der Waals surface area contributed by atoms with Crippen molar-refractivity contribution in [3.8, 4) is 11.5 Å². The van der Waals surface area contributed by atoms with Gasteiger partial charge < -0.3 is 14.7 Å². The standard InChI is InChI=1S/C21H23Cl2NO3/c1-13(2)16-8-14(4-5-20(16)25)9-17-18(22)10-15(11-19(17)23)27-12-21(26)24-6-3-7-24/h4-5,8,10-11,13,25H,3,6-7,9,12H2,1-2H3. The molecule has 1 N–H and O–H groups in total. The van der Waals surface area contributed by atoms with Crippen LogP contribution in [0.4, 0.5) is 0 Å². The lowest BCUT2D eigenvalue weighted by Crippen LogP contribution is -2.44. The molecule has 0 atom stereocenters. The van der Waals surface area contributed by atoms with Crippen LogP contribution in [0.3, 0.4) is 0 Å². The highest BCUT2D eigenvalue weighted by atomic mass is 35.5. The summed E-state index contributed by atoms with van der Waals surface area (Å²) in [4.78, 5) is 13.7. The lowest BCUT2D eigenvalue weighted by Gasteiger charge is -2.30. The van der Waals surface area contributed by atoms with Crippen LogP contribution >= 0.6 is 23.2 Å². The van der Waals surface area contributed by atoms with Gasteiger partial charge in [0.15, 0.2) is 6.61 Å². The van der Waals surface area contributed by atoms with Crippen LogP contribution in [0.15, 0.2) is 30.3 Å². The van der Waals surface area contributed by atoms with E-state index in [9.17, 15) is 9.90 Å². The van der Waals surface area contributed by atoms with E-state index in [1.165, 1.54) is 0 Å². The van der Waals surface area contributed by atoms with E-state index in [0.29, 0.717) is 28.0 Å². The average molecular weight is 408 g/mol. The molecule has 6 heteroatoms. The van der Waals surface area contributed by atoms with Gasteiger partial charge in [0.05, 0.1) is 0 Å². The number of carbonyl (C=O) groups excluding carboxylic acids is 1. The van der Waals surface area contributed by atoms with E-state index in [-0.39, 0.29) is 18.4 Å². The minimum atomic E-state index is -0.0251. The lowest BCUT2D eigenvalue weighted by molar-refractivity contribution is -0.136. The topological polar surface area (TPSA) is 49.8 Å². The van der Waals surface area contributed by atoms with Crippen LogP contribution in [0.2, 0.25) is 10.0 Å². The number of hydrogen-bond donors (Lipinski definition) is 1. The first-order valence-corrected chi connectivity index (χ1v) is 9.81. The minimum Gasteiger partial charge on any atom is -0.508 e. The Hall–Kier alpha value is -1.91. The molecule has 2 aromatic carbocycles. The van der Waals surface area contributed by atoms with Crippen molar-refractivity contribution in [1.82, 2.24) is 4.90 Å². The van der Waals surface area contributed by atoms with Crippen molar-refractivity contribution in [3.63, 3.8) is 0 Å². The zero-order valence-electron chi connectivity index (χ0n) is 15.5. The van der Waals surface area contributed by atoms with Crippen LogP contribution in [0.1, 0.15) is 42.9 Å².